The summed E-state index contributed by atoms with van der Waals surface area (Å²) in [7, 11) is -2.94. The van der Waals surface area contributed by atoms with Crippen LogP contribution in [0.1, 0.15) is 2.85 Å². The molecule has 9 heteroatoms. The van der Waals surface area contributed by atoms with E-state index >= 15 is 0 Å². The average molecular weight is 254 g/mol. The molecule has 0 aliphatic heterocycles. The van der Waals surface area contributed by atoms with Gasteiger partial charge in [-0.1, -0.05) is 0 Å². The van der Waals surface area contributed by atoms with Gasteiger partial charge in [-0.3, -0.25) is 13.7 Å². The Morgan fingerprint density at radius 3 is 1.22 bits per heavy atom. The molecule has 2 N–H and O–H groups in total. The average Bonchev–Trinajstić information content (AvgIpc) is 1.36. The fourth-order valence-corrected chi connectivity index (χ4v) is 0. The number of rotatable bonds is 0. The first kappa shape index (κ1) is 22.4. The van der Waals surface area contributed by atoms with Crippen LogP contribution in [-0.2, 0) is 34.4 Å². The maximum Gasteiger partial charge on any atom is 2.00 e. The van der Waals surface area contributed by atoms with E-state index in [0.29, 0.717) is 0 Å². The molecule has 0 aromatic rings. The van der Waals surface area contributed by atoms with Crippen molar-refractivity contribution >= 4 is 57.3 Å². The zero-order chi connectivity index (χ0) is 6.50. The molecule has 50 valence electrons. The Kier molecular flexibility index (Phi) is 31.2. The Labute approximate surface area is 101 Å². The minimum absolute atomic E-state index is 0. The monoisotopic (exact) mass is 252 g/mol. The molecule has 0 bridgehead atoms. The van der Waals surface area contributed by atoms with E-state index in [4.69, 9.17) is 22.1 Å². The van der Waals surface area contributed by atoms with Crippen LogP contribution in [0, 0.1) is 0 Å². The minimum Gasteiger partial charge on any atom is -1.00 e. The molecule has 0 rings (SSSR count). The SMILES string of the molecule is O=P.O=S(=O)(O)O.[Ca+2].[H-].[H-].[Zn]. The first-order valence-electron chi connectivity index (χ1n) is 0.903. The van der Waals surface area contributed by atoms with Crippen LogP contribution in [0.3, 0.4) is 0 Å². The van der Waals surface area contributed by atoms with Gasteiger partial charge in [0, 0.05) is 19.5 Å². The quantitative estimate of drug-likeness (QED) is 0.350. The summed E-state index contributed by atoms with van der Waals surface area (Å²) < 4.78 is 39.6. The van der Waals surface area contributed by atoms with Crippen LogP contribution >= 0.6 is 9.12 Å². The van der Waals surface area contributed by atoms with Gasteiger partial charge in [0.25, 0.3) is 0 Å². The summed E-state index contributed by atoms with van der Waals surface area (Å²) in [6.45, 7) is 0. The summed E-state index contributed by atoms with van der Waals surface area (Å²) in [5.41, 5.74) is 0. The third kappa shape index (κ3) is 177. The van der Waals surface area contributed by atoms with Gasteiger partial charge in [0.05, 0.1) is 0 Å². The normalized spacial score (nSPS) is 6.89. The maximum absolute atomic E-state index is 8.74. The Morgan fingerprint density at radius 2 is 1.22 bits per heavy atom. The van der Waals surface area contributed by atoms with Gasteiger partial charge in [0.2, 0.25) is 0 Å². The number of hydrogen-bond donors (Lipinski definition) is 2. The van der Waals surface area contributed by atoms with Gasteiger partial charge in [0.15, 0.2) is 0 Å². The van der Waals surface area contributed by atoms with E-state index in [9.17, 15) is 0 Å². The fourth-order valence-electron chi connectivity index (χ4n) is 0. The van der Waals surface area contributed by atoms with Crippen molar-refractivity contribution in [2.45, 2.75) is 0 Å². The van der Waals surface area contributed by atoms with Crippen molar-refractivity contribution in [2.75, 3.05) is 0 Å². The van der Waals surface area contributed by atoms with E-state index in [-0.39, 0.29) is 60.1 Å². The van der Waals surface area contributed by atoms with Gasteiger partial charge in [-0.2, -0.15) is 8.42 Å². The van der Waals surface area contributed by atoms with Crippen LogP contribution in [0.15, 0.2) is 0 Å². The van der Waals surface area contributed by atoms with E-state index in [0.717, 1.165) is 0 Å². The second-order valence-corrected chi connectivity index (χ2v) is 1.34. The van der Waals surface area contributed by atoms with E-state index in [1.165, 1.54) is 0 Å². The molecule has 0 spiro atoms. The molecule has 0 aromatic carbocycles. The zero-order valence-electron chi connectivity index (χ0n) is 6.44. The Bertz CT molecular complexity index is 118. The predicted molar refractivity (Wildman–Crippen MR) is 31.2 cm³/mol. The van der Waals surface area contributed by atoms with Crippen molar-refractivity contribution in [1.29, 1.82) is 0 Å². The molecular weight excluding hydrogens is 249 g/mol. The van der Waals surface area contributed by atoms with Gasteiger partial charge < -0.3 is 2.85 Å². The van der Waals surface area contributed by atoms with Crippen LogP contribution in [0.2, 0.25) is 0 Å². The predicted octanol–water partition coefficient (Wildman–Crippen LogP) is -0.336. The molecule has 5 nitrogen and oxygen atoms in total. The molecule has 0 aliphatic rings. The van der Waals surface area contributed by atoms with E-state index < -0.39 is 10.4 Å². The molecule has 0 radical (unpaired) electrons. The van der Waals surface area contributed by atoms with Crippen molar-refractivity contribution in [3.05, 3.63) is 0 Å². The van der Waals surface area contributed by atoms with Crippen molar-refractivity contribution in [3.63, 3.8) is 0 Å². The van der Waals surface area contributed by atoms with Crippen LogP contribution < -0.4 is 0 Å². The van der Waals surface area contributed by atoms with Crippen LogP contribution in [-0.4, -0.2) is 55.3 Å². The van der Waals surface area contributed by atoms with E-state index in [2.05, 4.69) is 0 Å². The van der Waals surface area contributed by atoms with Crippen LogP contribution in [0.5, 0.6) is 0 Å². The Morgan fingerprint density at radius 1 is 1.22 bits per heavy atom. The molecule has 0 heterocycles. The van der Waals surface area contributed by atoms with Gasteiger partial charge in [-0.05, 0) is 0 Å². The van der Waals surface area contributed by atoms with E-state index in [1.54, 1.807) is 9.12 Å². The van der Waals surface area contributed by atoms with Gasteiger partial charge in [0.1, 0.15) is 9.12 Å². The first-order valence-corrected chi connectivity index (χ1v) is 2.71. The summed E-state index contributed by atoms with van der Waals surface area (Å²) in [6.07, 6.45) is 0. The summed E-state index contributed by atoms with van der Waals surface area (Å²) in [5, 5.41) is 0. The second-order valence-electron chi connectivity index (χ2n) is 0.448. The fraction of sp³-hybridized carbons (Fsp3) is 0. The number of hydrogen-bond acceptors (Lipinski definition) is 3. The van der Waals surface area contributed by atoms with Crippen molar-refractivity contribution in [1.82, 2.24) is 0 Å². The van der Waals surface area contributed by atoms with Crippen molar-refractivity contribution in [3.8, 4) is 0 Å². The molecule has 9 heavy (non-hydrogen) atoms. The van der Waals surface area contributed by atoms with Gasteiger partial charge in [-0.25, -0.2) is 0 Å². The van der Waals surface area contributed by atoms with Gasteiger partial charge >= 0.3 is 48.1 Å². The zero-order valence-corrected chi connectivity index (χ0v) is 11.4. The third-order valence-electron chi connectivity index (χ3n) is 0. The second kappa shape index (κ2) is 12.5. The maximum atomic E-state index is 8.74. The van der Waals surface area contributed by atoms with E-state index in [1.807, 2.05) is 0 Å². The molecule has 0 unspecified atom stereocenters. The molecule has 0 saturated carbocycles. The molecule has 0 aromatic heterocycles. The summed E-state index contributed by atoms with van der Waals surface area (Å²) >= 11 is 0. The Hall–Kier alpha value is 1.85. The first-order chi connectivity index (χ1) is 3.00. The third-order valence-corrected chi connectivity index (χ3v) is 0. The molecule has 0 atom stereocenters. The molecular formula is H5CaO5PSZn. The topological polar surface area (TPSA) is 91.7 Å². The van der Waals surface area contributed by atoms with Gasteiger partial charge in [-0.15, -0.1) is 0 Å². The molecule has 0 aliphatic carbocycles. The van der Waals surface area contributed by atoms with Crippen LogP contribution in [0.25, 0.3) is 0 Å². The molecule has 0 saturated heterocycles. The molecule has 0 amide bonds. The van der Waals surface area contributed by atoms with Crippen LogP contribution in [0.4, 0.5) is 0 Å². The smallest absolute Gasteiger partial charge is 1.00 e. The van der Waals surface area contributed by atoms with Crippen molar-refractivity contribution < 1.29 is 44.4 Å². The summed E-state index contributed by atoms with van der Waals surface area (Å²) in [5.74, 6) is 0. The van der Waals surface area contributed by atoms with Crippen molar-refractivity contribution in [2.24, 2.45) is 0 Å². The largest absolute Gasteiger partial charge is 2.00 e. The standard InChI is InChI=1S/Ca.H2O4S.HOP.Zn.2H/c;1-5(2,3)4;1-2;;;/h;(H2,1,2,3,4);2H;;;/q+2;;;;2*-1. The summed E-state index contributed by atoms with van der Waals surface area (Å²) in [6, 6.07) is 0. The summed E-state index contributed by atoms with van der Waals surface area (Å²) in [4.78, 5) is 0. The Balaban J connectivity index is -0.00000000972. The minimum atomic E-state index is -4.67. The molecule has 0 fully saturated rings.